The average Bonchev–Trinajstić information content (AvgIpc) is 2.63. The van der Waals surface area contributed by atoms with Crippen molar-refractivity contribution in [2.24, 2.45) is 7.05 Å². The number of amides is 1. The first-order valence-corrected chi connectivity index (χ1v) is 5.03. The standard InChI is InChI=1S/C11H10F2N4O/c1-17-10(8(14)5-15-17)11(18)16-9-4-6(12)2-3-7(9)13/h2-5H,14H2,1H3,(H,16,18). The largest absolute Gasteiger partial charge is 0.396 e. The zero-order chi connectivity index (χ0) is 13.3. The van der Waals surface area contributed by atoms with E-state index >= 15 is 0 Å². The Bertz CT molecular complexity index is 590. The lowest BCUT2D eigenvalue weighted by molar-refractivity contribution is 0.101. The van der Waals surface area contributed by atoms with Crippen molar-refractivity contribution >= 4 is 17.3 Å². The SMILES string of the molecule is Cn1ncc(N)c1C(=O)Nc1cc(F)ccc1F. The molecule has 0 atom stereocenters. The maximum Gasteiger partial charge on any atom is 0.276 e. The Morgan fingerprint density at radius 2 is 2.17 bits per heavy atom. The predicted octanol–water partition coefficient (Wildman–Crippen LogP) is 1.53. The van der Waals surface area contributed by atoms with Gasteiger partial charge < -0.3 is 11.1 Å². The third kappa shape index (κ3) is 2.15. The molecule has 0 saturated heterocycles. The van der Waals surface area contributed by atoms with Crippen molar-refractivity contribution in [3.8, 4) is 0 Å². The van der Waals surface area contributed by atoms with E-state index in [1.807, 2.05) is 0 Å². The van der Waals surface area contributed by atoms with Crippen molar-refractivity contribution < 1.29 is 13.6 Å². The van der Waals surface area contributed by atoms with E-state index in [-0.39, 0.29) is 17.1 Å². The Morgan fingerprint density at radius 3 is 2.78 bits per heavy atom. The number of benzene rings is 1. The molecule has 1 aromatic heterocycles. The normalized spacial score (nSPS) is 10.4. The second-order valence-electron chi connectivity index (χ2n) is 3.65. The zero-order valence-electron chi connectivity index (χ0n) is 9.45. The first-order chi connectivity index (χ1) is 8.49. The van der Waals surface area contributed by atoms with Crippen LogP contribution in [0.2, 0.25) is 0 Å². The number of nitrogen functional groups attached to an aromatic ring is 1. The number of nitrogens with two attached hydrogens (primary N) is 1. The fourth-order valence-corrected chi connectivity index (χ4v) is 1.51. The molecule has 0 aliphatic rings. The molecular formula is C11H10F2N4O. The minimum Gasteiger partial charge on any atom is -0.396 e. The lowest BCUT2D eigenvalue weighted by Crippen LogP contribution is -2.18. The number of carbonyl (C=O) groups is 1. The van der Waals surface area contributed by atoms with Gasteiger partial charge in [0.05, 0.1) is 17.6 Å². The number of anilines is 2. The predicted molar refractivity (Wildman–Crippen MR) is 61.9 cm³/mol. The van der Waals surface area contributed by atoms with Gasteiger partial charge in [-0.05, 0) is 12.1 Å². The topological polar surface area (TPSA) is 72.9 Å². The van der Waals surface area contributed by atoms with Gasteiger partial charge in [-0.2, -0.15) is 5.10 Å². The van der Waals surface area contributed by atoms with Crippen LogP contribution in [0.25, 0.3) is 0 Å². The molecule has 0 saturated carbocycles. The van der Waals surface area contributed by atoms with Crippen LogP contribution >= 0.6 is 0 Å². The first-order valence-electron chi connectivity index (χ1n) is 5.03. The van der Waals surface area contributed by atoms with Crippen LogP contribution in [-0.2, 0) is 7.05 Å². The van der Waals surface area contributed by atoms with Crippen LogP contribution in [-0.4, -0.2) is 15.7 Å². The fraction of sp³-hybridized carbons (Fsp3) is 0.0909. The first kappa shape index (κ1) is 12.0. The molecule has 5 nitrogen and oxygen atoms in total. The molecule has 0 unspecified atom stereocenters. The van der Waals surface area contributed by atoms with Crippen LogP contribution in [0.5, 0.6) is 0 Å². The highest BCUT2D eigenvalue weighted by Gasteiger charge is 2.16. The Labute approximate surface area is 101 Å². The van der Waals surface area contributed by atoms with Crippen molar-refractivity contribution in [2.75, 3.05) is 11.1 Å². The average molecular weight is 252 g/mol. The van der Waals surface area contributed by atoms with Crippen LogP contribution in [0.4, 0.5) is 20.2 Å². The molecule has 1 amide bonds. The van der Waals surface area contributed by atoms with Gasteiger partial charge in [0.25, 0.3) is 5.91 Å². The van der Waals surface area contributed by atoms with E-state index in [0.29, 0.717) is 0 Å². The van der Waals surface area contributed by atoms with Crippen LogP contribution in [0, 0.1) is 11.6 Å². The molecule has 1 aromatic carbocycles. The smallest absolute Gasteiger partial charge is 0.276 e. The summed E-state index contributed by atoms with van der Waals surface area (Å²) in [6.07, 6.45) is 1.30. The molecular weight excluding hydrogens is 242 g/mol. The highest BCUT2D eigenvalue weighted by atomic mass is 19.1. The summed E-state index contributed by atoms with van der Waals surface area (Å²) in [5, 5.41) is 6.02. The number of hydrogen-bond acceptors (Lipinski definition) is 3. The Hall–Kier alpha value is -2.44. The number of nitrogens with zero attached hydrogens (tertiary/aromatic N) is 2. The summed E-state index contributed by atoms with van der Waals surface area (Å²) in [5.41, 5.74) is 5.54. The van der Waals surface area contributed by atoms with Gasteiger partial charge in [-0.3, -0.25) is 9.48 Å². The highest BCUT2D eigenvalue weighted by molar-refractivity contribution is 6.06. The Balaban J connectivity index is 2.30. The quantitative estimate of drug-likeness (QED) is 0.851. The van der Waals surface area contributed by atoms with Crippen LogP contribution in [0.1, 0.15) is 10.5 Å². The second-order valence-corrected chi connectivity index (χ2v) is 3.65. The molecule has 18 heavy (non-hydrogen) atoms. The summed E-state index contributed by atoms with van der Waals surface area (Å²) in [6, 6.07) is 2.78. The fourth-order valence-electron chi connectivity index (χ4n) is 1.51. The van der Waals surface area contributed by atoms with Gasteiger partial charge in [0, 0.05) is 13.1 Å². The minimum absolute atomic E-state index is 0.0821. The van der Waals surface area contributed by atoms with Gasteiger partial charge in [0.1, 0.15) is 17.3 Å². The third-order valence-electron chi connectivity index (χ3n) is 2.36. The van der Waals surface area contributed by atoms with E-state index in [0.717, 1.165) is 18.2 Å². The third-order valence-corrected chi connectivity index (χ3v) is 2.36. The van der Waals surface area contributed by atoms with Crippen molar-refractivity contribution in [2.45, 2.75) is 0 Å². The molecule has 7 heteroatoms. The summed E-state index contributed by atoms with van der Waals surface area (Å²) in [6.45, 7) is 0. The van der Waals surface area contributed by atoms with Crippen molar-refractivity contribution in [1.82, 2.24) is 9.78 Å². The van der Waals surface area contributed by atoms with Gasteiger partial charge >= 0.3 is 0 Å². The van der Waals surface area contributed by atoms with Gasteiger partial charge in [0.2, 0.25) is 0 Å². The summed E-state index contributed by atoms with van der Waals surface area (Å²) < 4.78 is 27.5. The van der Waals surface area contributed by atoms with E-state index in [1.165, 1.54) is 17.9 Å². The van der Waals surface area contributed by atoms with E-state index in [2.05, 4.69) is 10.4 Å². The maximum atomic E-state index is 13.3. The summed E-state index contributed by atoms with van der Waals surface area (Å²) >= 11 is 0. The lowest BCUT2D eigenvalue weighted by Gasteiger charge is -2.07. The number of halogens is 2. The molecule has 2 rings (SSSR count). The zero-order valence-corrected chi connectivity index (χ0v) is 9.45. The van der Waals surface area contributed by atoms with Crippen molar-refractivity contribution in [3.63, 3.8) is 0 Å². The maximum absolute atomic E-state index is 13.3. The van der Waals surface area contributed by atoms with E-state index < -0.39 is 17.5 Å². The molecule has 1 heterocycles. The number of hydrogen-bond donors (Lipinski definition) is 2. The van der Waals surface area contributed by atoms with Crippen molar-refractivity contribution in [1.29, 1.82) is 0 Å². The lowest BCUT2D eigenvalue weighted by atomic mass is 10.2. The van der Waals surface area contributed by atoms with E-state index in [1.54, 1.807) is 0 Å². The number of carbonyl (C=O) groups excluding carboxylic acids is 1. The van der Waals surface area contributed by atoms with E-state index in [4.69, 9.17) is 5.73 Å². The number of nitrogens with one attached hydrogen (secondary N) is 1. The molecule has 3 N–H and O–H groups in total. The van der Waals surface area contributed by atoms with Crippen molar-refractivity contribution in [3.05, 3.63) is 41.7 Å². The Morgan fingerprint density at radius 1 is 1.44 bits per heavy atom. The highest BCUT2D eigenvalue weighted by Crippen LogP contribution is 2.18. The molecule has 0 radical (unpaired) electrons. The molecule has 0 fully saturated rings. The van der Waals surface area contributed by atoms with Gasteiger partial charge in [-0.1, -0.05) is 0 Å². The number of aryl methyl sites for hydroxylation is 1. The number of aromatic nitrogens is 2. The van der Waals surface area contributed by atoms with Gasteiger partial charge in [-0.15, -0.1) is 0 Å². The Kier molecular flexibility index (Phi) is 2.97. The molecule has 0 bridgehead atoms. The van der Waals surface area contributed by atoms with Crippen LogP contribution in [0.15, 0.2) is 24.4 Å². The van der Waals surface area contributed by atoms with Crippen LogP contribution < -0.4 is 11.1 Å². The minimum atomic E-state index is -0.731. The number of rotatable bonds is 2. The summed E-state index contributed by atoms with van der Waals surface area (Å²) in [4.78, 5) is 11.8. The second kappa shape index (κ2) is 4.44. The van der Waals surface area contributed by atoms with Gasteiger partial charge in [0.15, 0.2) is 0 Å². The molecule has 94 valence electrons. The summed E-state index contributed by atoms with van der Waals surface area (Å²) in [5.74, 6) is -2.04. The molecule has 0 aliphatic heterocycles. The molecule has 0 spiro atoms. The van der Waals surface area contributed by atoms with Gasteiger partial charge in [-0.25, -0.2) is 8.78 Å². The monoisotopic (exact) mass is 252 g/mol. The van der Waals surface area contributed by atoms with E-state index in [9.17, 15) is 13.6 Å². The molecule has 2 aromatic rings. The molecule has 0 aliphatic carbocycles. The van der Waals surface area contributed by atoms with Crippen LogP contribution in [0.3, 0.4) is 0 Å². The summed E-state index contributed by atoms with van der Waals surface area (Å²) in [7, 11) is 1.52.